The molecular formula is C38H54O10. The van der Waals surface area contributed by atoms with Crippen LogP contribution in [0.4, 0.5) is 0 Å². The summed E-state index contributed by atoms with van der Waals surface area (Å²) in [5.74, 6) is -1.21. The molecule has 10 heteroatoms. The molecule has 48 heavy (non-hydrogen) atoms. The topological polar surface area (TPSA) is 143 Å². The maximum Gasteiger partial charge on any atom is 0.330 e. The molecule has 0 saturated heterocycles. The van der Waals surface area contributed by atoms with Gasteiger partial charge in [-0.1, -0.05) is 90.8 Å². The minimum atomic E-state index is -1.28. The van der Waals surface area contributed by atoms with Crippen molar-refractivity contribution in [2.45, 2.75) is 85.4 Å². The summed E-state index contributed by atoms with van der Waals surface area (Å²) in [6.45, 7) is 25.6. The van der Waals surface area contributed by atoms with Crippen LogP contribution in [-0.4, -0.2) is 66.3 Å². The number of hydrogen-bond donors (Lipinski definition) is 1. The van der Waals surface area contributed by atoms with Gasteiger partial charge in [0.15, 0.2) is 5.78 Å². The lowest BCUT2D eigenvalue weighted by Crippen LogP contribution is -2.38. The Bertz CT molecular complexity index is 1220. The van der Waals surface area contributed by atoms with Crippen molar-refractivity contribution in [2.75, 3.05) is 19.8 Å². The number of esters is 4. The third kappa shape index (κ3) is 14.6. The fourth-order valence-electron chi connectivity index (χ4n) is 5.22. The first-order chi connectivity index (χ1) is 22.4. The molecule has 266 valence electrons. The highest BCUT2D eigenvalue weighted by molar-refractivity contribution is 6.01. The smallest absolute Gasteiger partial charge is 0.330 e. The van der Waals surface area contributed by atoms with Gasteiger partial charge in [-0.25, -0.2) is 19.2 Å². The van der Waals surface area contributed by atoms with Crippen LogP contribution in [-0.2, 0) is 38.1 Å². The van der Waals surface area contributed by atoms with Crippen molar-refractivity contribution in [1.82, 2.24) is 0 Å². The zero-order chi connectivity index (χ0) is 37.0. The summed E-state index contributed by atoms with van der Waals surface area (Å²) in [5.41, 5.74) is -0.262. The van der Waals surface area contributed by atoms with Gasteiger partial charge in [-0.15, -0.1) is 0 Å². The molecule has 2 aliphatic carbocycles. The minimum Gasteiger partial charge on any atom is -0.463 e. The van der Waals surface area contributed by atoms with Crippen molar-refractivity contribution in [3.8, 4) is 0 Å². The number of carbonyl (C=O) groups is 5. The molecule has 0 radical (unpaired) electrons. The molecule has 1 aromatic rings. The molecule has 0 amide bonds. The Morgan fingerprint density at radius 2 is 1.27 bits per heavy atom. The second-order valence-corrected chi connectivity index (χ2v) is 12.5. The number of fused-ring (bicyclic) bond motifs is 2. The van der Waals surface area contributed by atoms with Crippen molar-refractivity contribution >= 4 is 29.7 Å². The number of unbranched alkanes of at least 4 members (excludes halogenated alkanes) is 1. The SMILES string of the molecule is C=CC(=O)OC1CC2CCC1(C)C2(C)C.C=CC(=O)OCCCC.C=CC(=O)OCCOC(=O)C=C.CC(C)(O)C(=O)c1ccccc1. The van der Waals surface area contributed by atoms with Crippen LogP contribution in [0.5, 0.6) is 0 Å². The maximum atomic E-state index is 11.4. The standard InChI is InChI=1S/C13H20O2.C10H12O2.C8H10O4.C7H12O2/c1-5-11(14)15-10-8-9-6-7-13(10,4)12(9,2)3;1-10(2,12)9(11)8-6-4-3-5-7-8;1-3-7(9)11-5-6-12-8(10)4-2;1-3-5-6-9-7(8)4-2/h5,9-10H,1,6-8H2,2-4H3;3-7,12H,1-2H3;3-4H,1-2,5-6H2;4H,2-3,5-6H2,1H3. The van der Waals surface area contributed by atoms with Gasteiger partial charge in [-0.2, -0.15) is 0 Å². The van der Waals surface area contributed by atoms with E-state index in [4.69, 9.17) is 4.74 Å². The number of rotatable bonds is 13. The van der Waals surface area contributed by atoms with E-state index in [1.54, 1.807) is 24.3 Å². The number of ether oxygens (including phenoxy) is 4. The van der Waals surface area contributed by atoms with Gasteiger partial charge in [0.25, 0.3) is 0 Å². The van der Waals surface area contributed by atoms with E-state index in [0.717, 1.165) is 31.4 Å². The minimum absolute atomic E-state index is 0.0322. The second kappa shape index (κ2) is 21.5. The molecule has 0 spiro atoms. The zero-order valence-corrected chi connectivity index (χ0v) is 29.5. The average Bonchev–Trinajstić information content (AvgIpc) is 3.40. The molecule has 1 aromatic carbocycles. The highest BCUT2D eigenvalue weighted by Crippen LogP contribution is 2.66. The lowest BCUT2D eigenvalue weighted by atomic mass is 9.70. The van der Waals surface area contributed by atoms with Gasteiger partial charge in [0.2, 0.25) is 0 Å². The van der Waals surface area contributed by atoms with E-state index in [-0.39, 0.29) is 42.5 Å². The summed E-state index contributed by atoms with van der Waals surface area (Å²) >= 11 is 0. The predicted molar refractivity (Wildman–Crippen MR) is 185 cm³/mol. The van der Waals surface area contributed by atoms with E-state index < -0.39 is 17.5 Å². The van der Waals surface area contributed by atoms with Crippen LogP contribution in [0.25, 0.3) is 0 Å². The van der Waals surface area contributed by atoms with Gasteiger partial charge >= 0.3 is 23.9 Å². The van der Waals surface area contributed by atoms with Crippen molar-refractivity contribution in [3.05, 3.63) is 86.5 Å². The highest BCUT2D eigenvalue weighted by Gasteiger charge is 2.62. The van der Waals surface area contributed by atoms with Crippen LogP contribution < -0.4 is 0 Å². The van der Waals surface area contributed by atoms with E-state index in [2.05, 4.69) is 61.3 Å². The molecule has 3 rings (SSSR count). The molecule has 0 heterocycles. The number of hydrogen-bond acceptors (Lipinski definition) is 10. The number of Topliss-reactive ketones (excluding diaryl/α,β-unsaturated/α-hetero) is 1. The molecule has 2 saturated carbocycles. The summed E-state index contributed by atoms with van der Waals surface area (Å²) < 4.78 is 19.2. The van der Waals surface area contributed by atoms with Gasteiger partial charge < -0.3 is 24.1 Å². The van der Waals surface area contributed by atoms with Gasteiger partial charge in [0.1, 0.15) is 24.9 Å². The van der Waals surface area contributed by atoms with E-state index in [9.17, 15) is 29.1 Å². The van der Waals surface area contributed by atoms with Crippen LogP contribution in [0.15, 0.2) is 81.0 Å². The Labute approximate surface area is 285 Å². The van der Waals surface area contributed by atoms with Crippen LogP contribution in [0, 0.1) is 16.7 Å². The Morgan fingerprint density at radius 3 is 1.62 bits per heavy atom. The van der Waals surface area contributed by atoms with Crippen molar-refractivity contribution in [1.29, 1.82) is 0 Å². The number of benzene rings is 1. The Kier molecular flexibility index (Phi) is 19.6. The van der Waals surface area contributed by atoms with Crippen LogP contribution in [0.3, 0.4) is 0 Å². The van der Waals surface area contributed by atoms with Gasteiger partial charge in [-0.3, -0.25) is 4.79 Å². The van der Waals surface area contributed by atoms with Crippen molar-refractivity contribution in [2.24, 2.45) is 16.7 Å². The molecule has 3 unspecified atom stereocenters. The molecule has 2 fully saturated rings. The van der Waals surface area contributed by atoms with Crippen molar-refractivity contribution < 1.29 is 48.0 Å². The fourth-order valence-corrected chi connectivity index (χ4v) is 5.22. The van der Waals surface area contributed by atoms with Crippen molar-refractivity contribution in [3.63, 3.8) is 0 Å². The molecule has 3 atom stereocenters. The average molecular weight is 671 g/mol. The van der Waals surface area contributed by atoms with E-state index in [0.29, 0.717) is 23.5 Å². The molecule has 2 aliphatic rings. The number of aliphatic hydroxyl groups is 1. The predicted octanol–water partition coefficient (Wildman–Crippen LogP) is 6.53. The first-order valence-corrected chi connectivity index (χ1v) is 16.0. The summed E-state index contributed by atoms with van der Waals surface area (Å²) in [6.07, 6.45) is 10.1. The van der Waals surface area contributed by atoms with E-state index >= 15 is 0 Å². The first kappa shape index (κ1) is 43.7. The summed E-state index contributed by atoms with van der Waals surface area (Å²) in [5, 5.41) is 9.39. The first-order valence-electron chi connectivity index (χ1n) is 16.0. The zero-order valence-electron chi connectivity index (χ0n) is 29.5. The van der Waals surface area contributed by atoms with Crippen LogP contribution in [0.2, 0.25) is 0 Å². The molecule has 2 bridgehead atoms. The molecule has 0 aliphatic heterocycles. The Hall–Kier alpha value is -4.31. The van der Waals surface area contributed by atoms with Crippen LogP contribution >= 0.6 is 0 Å². The maximum absolute atomic E-state index is 11.4. The monoisotopic (exact) mass is 670 g/mol. The molecule has 0 aromatic heterocycles. The summed E-state index contributed by atoms with van der Waals surface area (Å²) in [7, 11) is 0. The molecule has 10 nitrogen and oxygen atoms in total. The third-order valence-corrected chi connectivity index (χ3v) is 8.54. The van der Waals surface area contributed by atoms with Gasteiger partial charge in [0.05, 0.1) is 6.61 Å². The quantitative estimate of drug-likeness (QED) is 0.0809. The van der Waals surface area contributed by atoms with Gasteiger partial charge in [0, 0.05) is 35.3 Å². The van der Waals surface area contributed by atoms with E-state index in [1.165, 1.54) is 38.8 Å². The number of carbonyl (C=O) groups excluding carboxylic acids is 5. The summed E-state index contributed by atoms with van der Waals surface area (Å²) in [4.78, 5) is 53.9. The molecule has 1 N–H and O–H groups in total. The highest BCUT2D eigenvalue weighted by atomic mass is 16.6. The lowest BCUT2D eigenvalue weighted by Gasteiger charge is -2.38. The lowest BCUT2D eigenvalue weighted by molar-refractivity contribution is -0.150. The number of ketones is 1. The Balaban J connectivity index is 0.000000625. The fraction of sp³-hybridized carbons (Fsp3) is 0.500. The normalized spacial score (nSPS) is 19.5. The Morgan fingerprint density at radius 1 is 0.812 bits per heavy atom. The second-order valence-electron chi connectivity index (χ2n) is 12.5. The summed E-state index contributed by atoms with van der Waals surface area (Å²) in [6, 6.07) is 8.78. The largest absolute Gasteiger partial charge is 0.463 e. The van der Waals surface area contributed by atoms with Gasteiger partial charge in [-0.05, 0) is 50.9 Å². The molecular weight excluding hydrogens is 616 g/mol. The third-order valence-electron chi connectivity index (χ3n) is 8.54. The van der Waals surface area contributed by atoms with Crippen LogP contribution in [0.1, 0.15) is 84.0 Å². The van der Waals surface area contributed by atoms with E-state index in [1.807, 2.05) is 13.0 Å².